The van der Waals surface area contributed by atoms with Gasteiger partial charge < -0.3 is 0 Å². The fourth-order valence-corrected chi connectivity index (χ4v) is 7.90. The van der Waals surface area contributed by atoms with E-state index in [0.717, 1.165) is 12.6 Å². The van der Waals surface area contributed by atoms with Crippen LogP contribution in [0.2, 0.25) is 0 Å². The Hall–Kier alpha value is -1.57. The van der Waals surface area contributed by atoms with Crippen LogP contribution in [0.3, 0.4) is 0 Å². The Balaban J connectivity index is 1.62. The van der Waals surface area contributed by atoms with E-state index in [1.165, 1.54) is 211 Å². The highest BCUT2D eigenvalue weighted by atomic mass is 15.0. The van der Waals surface area contributed by atoms with Gasteiger partial charge in [-0.1, -0.05) is 247 Å². The smallest absolute Gasteiger partial charge is 0.0965 e. The van der Waals surface area contributed by atoms with Crippen molar-refractivity contribution >= 4 is 12.4 Å². The van der Waals surface area contributed by atoms with Gasteiger partial charge in [0, 0.05) is 0 Å². The summed E-state index contributed by atoms with van der Waals surface area (Å²) in [6.45, 7) is 4.62. The van der Waals surface area contributed by atoms with Crippen molar-refractivity contribution in [2.75, 3.05) is 0 Å². The minimum Gasteiger partial charge on any atom is -0.0965 e. The summed E-state index contributed by atoms with van der Waals surface area (Å²) >= 11 is 0. The standard InChI is InChI=1S/C46H81N2/c1-3-5-7-9-11-13-15-17-19-20-21-23-25-27-29-34-38-44(42-43-36-32-31-33-37-43)45(46-47-40-41-48-46)39-35-30-28-26-24-22-18-16-14-12-10-8-6-4-2/h31-33,36-37,40-41,44-45H,3-30,34-35,38-39,42H2,1-2H3/q+1. The van der Waals surface area contributed by atoms with Gasteiger partial charge in [-0.05, 0) is 30.7 Å². The van der Waals surface area contributed by atoms with Crippen LogP contribution >= 0.6 is 0 Å². The van der Waals surface area contributed by atoms with Crippen LogP contribution in [-0.2, 0) is 6.42 Å². The molecule has 1 heterocycles. The molecule has 1 aliphatic heterocycles. The van der Waals surface area contributed by atoms with Crippen LogP contribution in [0, 0.1) is 18.0 Å². The van der Waals surface area contributed by atoms with Gasteiger partial charge in [0.15, 0.2) is 12.4 Å². The summed E-state index contributed by atoms with van der Waals surface area (Å²) < 4.78 is 0. The SMILES string of the molecule is CCCCCCCCCCCCCCCCCCC(Cc1ccccc1)C(CCCCCCCCCCCCCCCC)[C+]1N=CC=N1. The zero-order valence-electron chi connectivity index (χ0n) is 32.4. The van der Waals surface area contributed by atoms with Crippen molar-refractivity contribution in [2.24, 2.45) is 21.8 Å². The van der Waals surface area contributed by atoms with E-state index in [1.807, 2.05) is 12.4 Å². The first kappa shape index (κ1) is 42.6. The summed E-state index contributed by atoms with van der Waals surface area (Å²) in [7, 11) is 0. The second-order valence-electron chi connectivity index (χ2n) is 15.4. The number of aliphatic imine (C=N–C) groups is 2. The van der Waals surface area contributed by atoms with E-state index in [9.17, 15) is 0 Å². The maximum Gasteiger partial charge on any atom is 0.244 e. The van der Waals surface area contributed by atoms with Crippen molar-refractivity contribution in [3.05, 3.63) is 42.1 Å². The Kier molecular flexibility index (Phi) is 29.0. The van der Waals surface area contributed by atoms with Crippen LogP contribution in [-0.4, -0.2) is 12.4 Å². The quantitative estimate of drug-likeness (QED) is 0.0505. The van der Waals surface area contributed by atoms with Gasteiger partial charge in [0.1, 0.15) is 0 Å². The maximum absolute atomic E-state index is 4.78. The van der Waals surface area contributed by atoms with Crippen LogP contribution < -0.4 is 0 Å². The number of hydrogen-bond donors (Lipinski definition) is 0. The van der Waals surface area contributed by atoms with Gasteiger partial charge in [0.25, 0.3) is 0 Å². The monoisotopic (exact) mass is 662 g/mol. The molecule has 0 spiro atoms. The Morgan fingerprint density at radius 1 is 0.417 bits per heavy atom. The molecule has 0 amide bonds. The average Bonchev–Trinajstić information content (AvgIpc) is 3.65. The normalized spacial score (nSPS) is 13.9. The molecule has 274 valence electrons. The fraction of sp³-hybridized carbons (Fsp3) is 0.804. The molecule has 2 nitrogen and oxygen atoms in total. The second-order valence-corrected chi connectivity index (χ2v) is 15.4. The molecule has 0 aliphatic carbocycles. The molecule has 1 aromatic carbocycles. The summed E-state index contributed by atoms with van der Waals surface area (Å²) in [5.74, 6) is 1.14. The Bertz CT molecular complexity index is 833. The Morgan fingerprint density at radius 3 is 1.12 bits per heavy atom. The lowest BCUT2D eigenvalue weighted by Gasteiger charge is -2.26. The minimum atomic E-state index is 0.494. The maximum atomic E-state index is 4.78. The molecule has 0 saturated heterocycles. The Morgan fingerprint density at radius 2 is 0.750 bits per heavy atom. The van der Waals surface area contributed by atoms with E-state index >= 15 is 0 Å². The molecule has 1 aromatic rings. The highest BCUT2D eigenvalue weighted by Gasteiger charge is 2.35. The first-order valence-corrected chi connectivity index (χ1v) is 21.8. The van der Waals surface area contributed by atoms with Crippen molar-refractivity contribution in [1.29, 1.82) is 0 Å². The van der Waals surface area contributed by atoms with E-state index in [2.05, 4.69) is 44.2 Å². The molecule has 0 fully saturated rings. The summed E-state index contributed by atoms with van der Waals surface area (Å²) in [5, 5.41) is 0. The van der Waals surface area contributed by atoms with Crippen molar-refractivity contribution in [3.8, 4) is 0 Å². The van der Waals surface area contributed by atoms with Crippen LogP contribution in [0.4, 0.5) is 0 Å². The largest absolute Gasteiger partial charge is 0.244 e. The van der Waals surface area contributed by atoms with E-state index in [4.69, 9.17) is 9.98 Å². The first-order valence-electron chi connectivity index (χ1n) is 21.8. The molecule has 0 radical (unpaired) electrons. The lowest BCUT2D eigenvalue weighted by molar-refractivity contribution is 0.284. The van der Waals surface area contributed by atoms with E-state index in [-0.39, 0.29) is 0 Å². The van der Waals surface area contributed by atoms with Crippen molar-refractivity contribution < 1.29 is 0 Å². The number of benzene rings is 1. The minimum absolute atomic E-state index is 0.494. The van der Waals surface area contributed by atoms with Crippen molar-refractivity contribution in [1.82, 2.24) is 0 Å². The van der Waals surface area contributed by atoms with Gasteiger partial charge in [-0.2, -0.15) is 0 Å². The third-order valence-electron chi connectivity index (χ3n) is 11.0. The topological polar surface area (TPSA) is 24.7 Å². The van der Waals surface area contributed by atoms with E-state index < -0.39 is 0 Å². The molecule has 48 heavy (non-hydrogen) atoms. The molecule has 1 aliphatic rings. The summed E-state index contributed by atoms with van der Waals surface area (Å²) in [5.41, 5.74) is 1.48. The molecule has 2 rings (SSSR count). The van der Waals surface area contributed by atoms with E-state index in [1.54, 1.807) is 0 Å². The zero-order chi connectivity index (χ0) is 34.0. The Labute approximate surface area is 301 Å². The highest BCUT2D eigenvalue weighted by Crippen LogP contribution is 2.37. The van der Waals surface area contributed by atoms with Crippen molar-refractivity contribution in [3.63, 3.8) is 0 Å². The van der Waals surface area contributed by atoms with Gasteiger partial charge >= 0.3 is 0 Å². The van der Waals surface area contributed by atoms with Gasteiger partial charge in [-0.25, -0.2) is 0 Å². The summed E-state index contributed by atoms with van der Waals surface area (Å²) in [4.78, 5) is 9.55. The molecular weight excluding hydrogens is 581 g/mol. The fourth-order valence-electron chi connectivity index (χ4n) is 7.90. The van der Waals surface area contributed by atoms with Crippen LogP contribution in [0.5, 0.6) is 0 Å². The predicted molar refractivity (Wildman–Crippen MR) is 216 cm³/mol. The average molecular weight is 662 g/mol. The van der Waals surface area contributed by atoms with Crippen LogP contribution in [0.15, 0.2) is 40.3 Å². The second kappa shape index (κ2) is 32.6. The predicted octanol–water partition coefficient (Wildman–Crippen LogP) is 15.6. The molecule has 0 bridgehead atoms. The lowest BCUT2D eigenvalue weighted by Crippen LogP contribution is -2.22. The first-order chi connectivity index (χ1) is 23.8. The number of hydrogen-bond acceptors (Lipinski definition) is 2. The van der Waals surface area contributed by atoms with Crippen molar-refractivity contribution in [2.45, 2.75) is 226 Å². The highest BCUT2D eigenvalue weighted by molar-refractivity contribution is 6.18. The van der Waals surface area contributed by atoms with Crippen LogP contribution in [0.25, 0.3) is 0 Å². The summed E-state index contributed by atoms with van der Waals surface area (Å²) in [6, 6.07) is 11.2. The zero-order valence-corrected chi connectivity index (χ0v) is 32.4. The molecule has 2 unspecified atom stereocenters. The number of nitrogens with zero attached hydrogens (tertiary/aromatic N) is 2. The number of rotatable bonds is 36. The summed E-state index contributed by atoms with van der Waals surface area (Å²) in [6.07, 6.45) is 51.5. The van der Waals surface area contributed by atoms with Gasteiger partial charge in [-0.3, -0.25) is 0 Å². The van der Waals surface area contributed by atoms with Crippen LogP contribution in [0.1, 0.15) is 225 Å². The van der Waals surface area contributed by atoms with Gasteiger partial charge in [0.05, 0.1) is 5.92 Å². The van der Waals surface area contributed by atoms with Gasteiger partial charge in [-0.15, -0.1) is 0 Å². The molecule has 2 atom stereocenters. The molecule has 0 saturated carbocycles. The number of unbranched alkanes of at least 4 members (excludes halogenated alkanes) is 28. The molecule has 0 aromatic heterocycles. The molecule has 2 heteroatoms. The van der Waals surface area contributed by atoms with E-state index in [0.29, 0.717) is 11.8 Å². The molecular formula is C46H81N2+. The van der Waals surface area contributed by atoms with Gasteiger partial charge in [0.2, 0.25) is 6.17 Å². The lowest BCUT2D eigenvalue weighted by atomic mass is 9.78. The third-order valence-corrected chi connectivity index (χ3v) is 11.0. The molecule has 0 N–H and O–H groups in total. The third kappa shape index (κ3) is 23.7.